The second kappa shape index (κ2) is 6.18. The topological polar surface area (TPSA) is 28.2 Å². The van der Waals surface area contributed by atoms with Crippen LogP contribution < -0.4 is 5.32 Å². The van der Waals surface area contributed by atoms with Gasteiger partial charge in [-0.15, -0.1) is 12.4 Å². The van der Waals surface area contributed by atoms with Gasteiger partial charge in [-0.05, 0) is 25.5 Å². The summed E-state index contributed by atoms with van der Waals surface area (Å²) in [5.74, 6) is 0. The maximum Gasteiger partial charge on any atom is 0.0417 e. The molecule has 4 heteroatoms. The highest BCUT2D eigenvalue weighted by Gasteiger charge is 2.15. The van der Waals surface area contributed by atoms with E-state index in [4.69, 9.17) is 0 Å². The van der Waals surface area contributed by atoms with Crippen molar-refractivity contribution in [2.75, 3.05) is 19.6 Å². The van der Waals surface area contributed by atoms with Crippen LogP contribution in [0.3, 0.4) is 0 Å². The van der Waals surface area contributed by atoms with Crippen LogP contribution in [-0.4, -0.2) is 35.6 Å². The summed E-state index contributed by atoms with van der Waals surface area (Å²) in [6.07, 6.45) is 1.86. The Labute approximate surface area is 104 Å². The van der Waals surface area contributed by atoms with Gasteiger partial charge in [-0.1, -0.05) is 6.07 Å². The lowest BCUT2D eigenvalue weighted by molar-refractivity contribution is 0.199. The van der Waals surface area contributed by atoms with E-state index in [0.717, 1.165) is 31.9 Å². The fraction of sp³-hybridized carbons (Fsp3) is 0.583. The number of aromatic nitrogens is 1. The van der Waals surface area contributed by atoms with Crippen molar-refractivity contribution in [3.05, 3.63) is 29.6 Å². The van der Waals surface area contributed by atoms with Crippen LogP contribution in [0.25, 0.3) is 0 Å². The van der Waals surface area contributed by atoms with Crippen LogP contribution in [-0.2, 0) is 6.54 Å². The standard InChI is InChI=1S/C12H19N3.ClH/c1-10-8-15(7-6-13-10)9-12-4-3-5-14-11(12)2;/h3-5,10,13H,6-9H2,1-2H3;1H/t10-;/m1./s1. The monoisotopic (exact) mass is 241 g/mol. The van der Waals surface area contributed by atoms with Gasteiger partial charge < -0.3 is 5.32 Å². The Bertz CT molecular complexity index is 330. The van der Waals surface area contributed by atoms with E-state index in [-0.39, 0.29) is 12.4 Å². The van der Waals surface area contributed by atoms with Crippen molar-refractivity contribution in [3.8, 4) is 0 Å². The molecule has 16 heavy (non-hydrogen) atoms. The van der Waals surface area contributed by atoms with Gasteiger partial charge in [0.05, 0.1) is 0 Å². The first-order chi connectivity index (χ1) is 7.25. The molecule has 2 heterocycles. The van der Waals surface area contributed by atoms with Crippen LogP contribution in [0.1, 0.15) is 18.2 Å². The molecule has 0 amide bonds. The molecular weight excluding hydrogens is 222 g/mol. The minimum atomic E-state index is 0. The Morgan fingerprint density at radius 1 is 1.56 bits per heavy atom. The molecular formula is C12H20ClN3. The lowest BCUT2D eigenvalue weighted by Crippen LogP contribution is -2.48. The Balaban J connectivity index is 0.00000128. The smallest absolute Gasteiger partial charge is 0.0417 e. The van der Waals surface area contributed by atoms with Crippen molar-refractivity contribution < 1.29 is 0 Å². The van der Waals surface area contributed by atoms with Crippen LogP contribution >= 0.6 is 12.4 Å². The number of nitrogens with zero attached hydrogens (tertiary/aromatic N) is 2. The molecule has 2 rings (SSSR count). The summed E-state index contributed by atoms with van der Waals surface area (Å²) in [5, 5.41) is 3.46. The molecule has 0 spiro atoms. The Hall–Kier alpha value is -0.640. The van der Waals surface area contributed by atoms with Gasteiger partial charge in [0.2, 0.25) is 0 Å². The molecule has 1 aromatic rings. The molecule has 1 aromatic heterocycles. The lowest BCUT2D eigenvalue weighted by atomic mass is 10.1. The molecule has 0 bridgehead atoms. The summed E-state index contributed by atoms with van der Waals surface area (Å²) in [7, 11) is 0. The first-order valence-electron chi connectivity index (χ1n) is 5.62. The second-order valence-electron chi connectivity index (χ2n) is 4.34. The van der Waals surface area contributed by atoms with Crippen molar-refractivity contribution >= 4 is 12.4 Å². The van der Waals surface area contributed by atoms with E-state index in [9.17, 15) is 0 Å². The predicted octanol–water partition coefficient (Wildman–Crippen LogP) is 1.61. The lowest BCUT2D eigenvalue weighted by Gasteiger charge is -2.32. The number of rotatable bonds is 2. The quantitative estimate of drug-likeness (QED) is 0.853. The van der Waals surface area contributed by atoms with Crippen LogP contribution in [0.2, 0.25) is 0 Å². The summed E-state index contributed by atoms with van der Waals surface area (Å²) in [6, 6.07) is 4.80. The first-order valence-corrected chi connectivity index (χ1v) is 5.62. The normalized spacial score (nSPS) is 21.5. The number of nitrogens with one attached hydrogen (secondary N) is 1. The van der Waals surface area contributed by atoms with Gasteiger partial charge in [-0.25, -0.2) is 0 Å². The summed E-state index contributed by atoms with van der Waals surface area (Å²) in [4.78, 5) is 6.81. The Morgan fingerprint density at radius 2 is 2.38 bits per heavy atom. The molecule has 0 aromatic carbocycles. The van der Waals surface area contributed by atoms with Crippen LogP contribution in [0.4, 0.5) is 0 Å². The van der Waals surface area contributed by atoms with Gasteiger partial charge in [-0.3, -0.25) is 9.88 Å². The molecule has 1 N–H and O–H groups in total. The number of hydrogen-bond acceptors (Lipinski definition) is 3. The average molecular weight is 242 g/mol. The highest BCUT2D eigenvalue weighted by atomic mass is 35.5. The third-order valence-corrected chi connectivity index (χ3v) is 2.96. The van der Waals surface area contributed by atoms with Crippen molar-refractivity contribution in [1.29, 1.82) is 0 Å². The van der Waals surface area contributed by atoms with Crippen molar-refractivity contribution in [1.82, 2.24) is 15.2 Å². The molecule has 1 aliphatic rings. The molecule has 3 nitrogen and oxygen atoms in total. The summed E-state index contributed by atoms with van der Waals surface area (Å²) in [6.45, 7) is 8.72. The molecule has 0 saturated carbocycles. The summed E-state index contributed by atoms with van der Waals surface area (Å²) >= 11 is 0. The van der Waals surface area contributed by atoms with Crippen LogP contribution in [0, 0.1) is 6.92 Å². The largest absolute Gasteiger partial charge is 0.312 e. The average Bonchev–Trinajstić information content (AvgIpc) is 2.22. The number of pyridine rings is 1. The predicted molar refractivity (Wildman–Crippen MR) is 69.0 cm³/mol. The Kier molecular flexibility index (Phi) is 5.19. The highest BCUT2D eigenvalue weighted by Crippen LogP contribution is 2.09. The minimum Gasteiger partial charge on any atom is -0.312 e. The minimum absolute atomic E-state index is 0. The van der Waals surface area contributed by atoms with E-state index in [0.29, 0.717) is 6.04 Å². The molecule has 90 valence electrons. The fourth-order valence-corrected chi connectivity index (χ4v) is 2.08. The third kappa shape index (κ3) is 3.44. The van der Waals surface area contributed by atoms with Gasteiger partial charge in [0.1, 0.15) is 0 Å². The molecule has 0 aliphatic carbocycles. The van der Waals surface area contributed by atoms with E-state index in [2.05, 4.69) is 35.1 Å². The van der Waals surface area contributed by atoms with E-state index in [1.807, 2.05) is 12.3 Å². The molecule has 1 saturated heterocycles. The molecule has 0 unspecified atom stereocenters. The zero-order valence-corrected chi connectivity index (χ0v) is 10.8. The number of halogens is 1. The van der Waals surface area contributed by atoms with Gasteiger partial charge in [0, 0.05) is 44.1 Å². The van der Waals surface area contributed by atoms with Crippen LogP contribution in [0.5, 0.6) is 0 Å². The van der Waals surface area contributed by atoms with Gasteiger partial charge >= 0.3 is 0 Å². The highest BCUT2D eigenvalue weighted by molar-refractivity contribution is 5.85. The van der Waals surface area contributed by atoms with E-state index < -0.39 is 0 Å². The molecule has 1 aliphatic heterocycles. The fourth-order valence-electron chi connectivity index (χ4n) is 2.08. The van der Waals surface area contributed by atoms with E-state index in [1.165, 1.54) is 5.56 Å². The van der Waals surface area contributed by atoms with Crippen molar-refractivity contribution in [3.63, 3.8) is 0 Å². The maximum atomic E-state index is 4.32. The maximum absolute atomic E-state index is 4.32. The number of piperazine rings is 1. The van der Waals surface area contributed by atoms with Gasteiger partial charge in [0.15, 0.2) is 0 Å². The second-order valence-corrected chi connectivity index (χ2v) is 4.34. The first kappa shape index (κ1) is 13.4. The zero-order valence-electron chi connectivity index (χ0n) is 9.94. The van der Waals surface area contributed by atoms with Crippen LogP contribution in [0.15, 0.2) is 18.3 Å². The molecule has 0 radical (unpaired) electrons. The van der Waals surface area contributed by atoms with Gasteiger partial charge in [-0.2, -0.15) is 0 Å². The SMILES string of the molecule is Cc1ncccc1CN1CCN[C@H](C)C1.Cl. The van der Waals surface area contributed by atoms with E-state index in [1.54, 1.807) is 0 Å². The zero-order chi connectivity index (χ0) is 10.7. The third-order valence-electron chi connectivity index (χ3n) is 2.96. The molecule has 1 atom stereocenters. The Morgan fingerprint density at radius 3 is 3.06 bits per heavy atom. The van der Waals surface area contributed by atoms with E-state index >= 15 is 0 Å². The number of hydrogen-bond donors (Lipinski definition) is 1. The summed E-state index contributed by atoms with van der Waals surface area (Å²) in [5.41, 5.74) is 2.51. The number of aryl methyl sites for hydroxylation is 1. The van der Waals surface area contributed by atoms with Crippen molar-refractivity contribution in [2.45, 2.75) is 26.4 Å². The van der Waals surface area contributed by atoms with Gasteiger partial charge in [0.25, 0.3) is 0 Å². The molecule has 1 fully saturated rings. The van der Waals surface area contributed by atoms with Crippen molar-refractivity contribution in [2.24, 2.45) is 0 Å². The summed E-state index contributed by atoms with van der Waals surface area (Å²) < 4.78 is 0.